The monoisotopic (exact) mass is 308 g/mol. The highest BCUT2D eigenvalue weighted by atomic mass is 35.5. The first-order chi connectivity index (χ1) is 9.72. The molecule has 0 spiro atoms. The largest absolute Gasteiger partial charge is 0.448 e. The lowest BCUT2D eigenvalue weighted by Crippen LogP contribution is -2.04. The number of hydrogen-bond donors (Lipinski definition) is 1. The van der Waals surface area contributed by atoms with E-state index >= 15 is 0 Å². The molecule has 0 saturated carbocycles. The molecule has 3 aromatic rings. The van der Waals surface area contributed by atoms with Gasteiger partial charge < -0.3 is 9.73 Å². The van der Waals surface area contributed by atoms with Crippen LogP contribution in [0, 0.1) is 0 Å². The molecule has 1 aromatic carbocycles. The summed E-state index contributed by atoms with van der Waals surface area (Å²) in [7, 11) is 0. The maximum absolute atomic E-state index is 6.03. The van der Waals surface area contributed by atoms with Gasteiger partial charge in [0, 0.05) is 5.02 Å². The molecule has 0 radical (unpaired) electrons. The van der Waals surface area contributed by atoms with Crippen LogP contribution in [0.2, 0.25) is 10.2 Å². The number of nitrogens with zero attached hydrogens (tertiary/aromatic N) is 3. The Balaban J connectivity index is 1.86. The fraction of sp³-hybridized carbons (Fsp3) is 0.0769. The SMILES string of the molecule is Clc1ccc(-n2cncn2)c(NCc2ccc(Cl)o2)c1. The van der Waals surface area contributed by atoms with Gasteiger partial charge in [-0.25, -0.2) is 9.67 Å². The van der Waals surface area contributed by atoms with Crippen LogP contribution in [-0.4, -0.2) is 14.8 Å². The van der Waals surface area contributed by atoms with E-state index in [1.165, 1.54) is 6.33 Å². The predicted octanol–water partition coefficient (Wildman–Crippen LogP) is 3.78. The van der Waals surface area contributed by atoms with Gasteiger partial charge in [-0.15, -0.1) is 0 Å². The maximum atomic E-state index is 6.03. The summed E-state index contributed by atoms with van der Waals surface area (Å²) < 4.78 is 6.96. The van der Waals surface area contributed by atoms with Gasteiger partial charge in [-0.05, 0) is 41.9 Å². The zero-order valence-electron chi connectivity index (χ0n) is 10.3. The normalized spacial score (nSPS) is 10.7. The molecule has 2 aromatic heterocycles. The highest BCUT2D eigenvalue weighted by Crippen LogP contribution is 2.25. The maximum Gasteiger partial charge on any atom is 0.193 e. The second-order valence-corrected chi connectivity index (χ2v) is 4.87. The van der Waals surface area contributed by atoms with Crippen molar-refractivity contribution in [2.75, 3.05) is 5.32 Å². The van der Waals surface area contributed by atoms with Gasteiger partial charge >= 0.3 is 0 Å². The second-order valence-electron chi connectivity index (χ2n) is 4.06. The van der Waals surface area contributed by atoms with Crippen LogP contribution in [0.25, 0.3) is 5.69 Å². The van der Waals surface area contributed by atoms with Gasteiger partial charge in [0.1, 0.15) is 18.4 Å². The summed E-state index contributed by atoms with van der Waals surface area (Å²) >= 11 is 11.8. The average molecular weight is 309 g/mol. The summed E-state index contributed by atoms with van der Waals surface area (Å²) in [5, 5.41) is 8.36. The number of furan rings is 1. The van der Waals surface area contributed by atoms with Crippen LogP contribution in [0.4, 0.5) is 5.69 Å². The Morgan fingerprint density at radius 1 is 1.20 bits per heavy atom. The number of rotatable bonds is 4. The van der Waals surface area contributed by atoms with Crippen molar-refractivity contribution in [1.82, 2.24) is 14.8 Å². The molecule has 0 amide bonds. The van der Waals surface area contributed by atoms with Gasteiger partial charge in [0.05, 0.1) is 17.9 Å². The minimum absolute atomic E-state index is 0.365. The summed E-state index contributed by atoms with van der Waals surface area (Å²) in [6.07, 6.45) is 3.10. The third-order valence-electron chi connectivity index (χ3n) is 2.71. The first kappa shape index (κ1) is 13.0. The van der Waals surface area contributed by atoms with Crippen LogP contribution < -0.4 is 5.32 Å². The third-order valence-corrected chi connectivity index (χ3v) is 3.14. The Hall–Kier alpha value is -1.98. The van der Waals surface area contributed by atoms with Crippen LogP contribution in [0.1, 0.15) is 5.76 Å². The molecule has 0 aliphatic heterocycles. The quantitative estimate of drug-likeness (QED) is 0.797. The van der Waals surface area contributed by atoms with E-state index in [1.54, 1.807) is 23.1 Å². The van der Waals surface area contributed by atoms with Gasteiger partial charge in [0.15, 0.2) is 5.22 Å². The highest BCUT2D eigenvalue weighted by Gasteiger charge is 2.07. The summed E-state index contributed by atoms with van der Waals surface area (Å²) in [4.78, 5) is 3.94. The smallest absolute Gasteiger partial charge is 0.193 e. The van der Waals surface area contributed by atoms with E-state index in [2.05, 4.69) is 15.4 Å². The molecular formula is C13H10Cl2N4O. The Kier molecular flexibility index (Phi) is 3.62. The van der Waals surface area contributed by atoms with Gasteiger partial charge in [-0.2, -0.15) is 5.10 Å². The molecule has 0 atom stereocenters. The van der Waals surface area contributed by atoms with Gasteiger partial charge in [-0.3, -0.25) is 0 Å². The van der Waals surface area contributed by atoms with Crippen molar-refractivity contribution in [2.45, 2.75) is 6.54 Å². The first-order valence-corrected chi connectivity index (χ1v) is 6.60. The van der Waals surface area contributed by atoms with Crippen LogP contribution in [0.15, 0.2) is 47.4 Å². The molecule has 3 rings (SSSR count). The molecule has 0 fully saturated rings. The van der Waals surface area contributed by atoms with Gasteiger partial charge in [0.25, 0.3) is 0 Å². The Morgan fingerprint density at radius 3 is 2.80 bits per heavy atom. The van der Waals surface area contributed by atoms with E-state index in [4.69, 9.17) is 27.6 Å². The predicted molar refractivity (Wildman–Crippen MR) is 77.4 cm³/mol. The lowest BCUT2D eigenvalue weighted by Gasteiger charge is -2.11. The second kappa shape index (κ2) is 5.56. The average Bonchev–Trinajstić information content (AvgIpc) is 3.08. The molecule has 20 heavy (non-hydrogen) atoms. The minimum Gasteiger partial charge on any atom is -0.448 e. The standard InChI is InChI=1S/C13H10Cl2N4O/c14-9-1-3-12(19-8-16-7-18-19)11(5-9)17-6-10-2-4-13(15)20-10/h1-5,7-8,17H,6H2. The minimum atomic E-state index is 0.365. The van der Waals surface area contributed by atoms with E-state index in [9.17, 15) is 0 Å². The van der Waals surface area contributed by atoms with Crippen LogP contribution in [0.3, 0.4) is 0 Å². The first-order valence-electron chi connectivity index (χ1n) is 5.85. The molecule has 102 valence electrons. The molecule has 0 aliphatic rings. The van der Waals surface area contributed by atoms with Crippen molar-refractivity contribution in [1.29, 1.82) is 0 Å². The van der Waals surface area contributed by atoms with Crippen molar-refractivity contribution in [2.24, 2.45) is 0 Å². The molecule has 7 heteroatoms. The lowest BCUT2D eigenvalue weighted by atomic mass is 10.2. The highest BCUT2D eigenvalue weighted by molar-refractivity contribution is 6.31. The van der Waals surface area contributed by atoms with E-state index in [0.717, 1.165) is 17.1 Å². The number of halogens is 2. The van der Waals surface area contributed by atoms with E-state index in [1.807, 2.05) is 18.2 Å². The summed E-state index contributed by atoms with van der Waals surface area (Å²) in [6.45, 7) is 0.495. The van der Waals surface area contributed by atoms with Gasteiger partial charge in [0.2, 0.25) is 0 Å². The van der Waals surface area contributed by atoms with E-state index in [0.29, 0.717) is 16.8 Å². The molecule has 1 N–H and O–H groups in total. The molecular weight excluding hydrogens is 299 g/mol. The van der Waals surface area contributed by atoms with Crippen LogP contribution in [-0.2, 0) is 6.54 Å². The fourth-order valence-electron chi connectivity index (χ4n) is 1.81. The van der Waals surface area contributed by atoms with Crippen LogP contribution >= 0.6 is 23.2 Å². The Bertz CT molecular complexity index is 709. The summed E-state index contributed by atoms with van der Waals surface area (Å²) in [5.41, 5.74) is 1.68. The van der Waals surface area contributed by atoms with Crippen molar-refractivity contribution < 1.29 is 4.42 Å². The molecule has 0 unspecified atom stereocenters. The lowest BCUT2D eigenvalue weighted by molar-refractivity contribution is 0.520. The Morgan fingerprint density at radius 2 is 2.10 bits per heavy atom. The third kappa shape index (κ3) is 2.79. The fourth-order valence-corrected chi connectivity index (χ4v) is 2.15. The van der Waals surface area contributed by atoms with Gasteiger partial charge in [-0.1, -0.05) is 11.6 Å². The molecule has 0 bridgehead atoms. The van der Waals surface area contributed by atoms with E-state index in [-0.39, 0.29) is 0 Å². The molecule has 2 heterocycles. The Labute approximate surface area is 125 Å². The summed E-state index contributed by atoms with van der Waals surface area (Å²) in [6, 6.07) is 9.01. The zero-order valence-corrected chi connectivity index (χ0v) is 11.8. The number of hydrogen-bond acceptors (Lipinski definition) is 4. The summed E-state index contributed by atoms with van der Waals surface area (Å²) in [5.74, 6) is 0.736. The van der Waals surface area contributed by atoms with Crippen LogP contribution in [0.5, 0.6) is 0 Å². The zero-order chi connectivity index (χ0) is 13.9. The number of aromatic nitrogens is 3. The number of anilines is 1. The van der Waals surface area contributed by atoms with Crippen molar-refractivity contribution in [3.8, 4) is 5.69 Å². The van der Waals surface area contributed by atoms with Crippen molar-refractivity contribution in [3.63, 3.8) is 0 Å². The topological polar surface area (TPSA) is 55.9 Å². The van der Waals surface area contributed by atoms with Crippen molar-refractivity contribution in [3.05, 3.63) is 59.0 Å². The molecule has 5 nitrogen and oxygen atoms in total. The van der Waals surface area contributed by atoms with E-state index < -0.39 is 0 Å². The van der Waals surface area contributed by atoms with Crippen molar-refractivity contribution >= 4 is 28.9 Å². The molecule has 0 aliphatic carbocycles. The number of nitrogens with one attached hydrogen (secondary N) is 1. The molecule has 0 saturated heterocycles. The number of benzene rings is 1.